The number of nitrogens with zero attached hydrogens (tertiary/aromatic N) is 1. The minimum atomic E-state index is -4.47. The second-order valence-corrected chi connectivity index (χ2v) is 11.4. The predicted octanol–water partition coefficient (Wildman–Crippen LogP) is 3.18. The van der Waals surface area contributed by atoms with Crippen molar-refractivity contribution in [1.82, 2.24) is 0 Å². The molecule has 1 amide bonds. The predicted molar refractivity (Wildman–Crippen MR) is 139 cm³/mol. The Hall–Kier alpha value is -2.95. The molecule has 2 atom stereocenters. The van der Waals surface area contributed by atoms with E-state index in [1.54, 1.807) is 45.2 Å². The number of amides is 1. The van der Waals surface area contributed by atoms with Crippen molar-refractivity contribution >= 4 is 27.6 Å². The summed E-state index contributed by atoms with van der Waals surface area (Å²) in [5, 5.41) is 10.3. The third kappa shape index (κ3) is 6.63. The van der Waals surface area contributed by atoms with Gasteiger partial charge in [0.2, 0.25) is 6.04 Å². The summed E-state index contributed by atoms with van der Waals surface area (Å²) in [6.45, 7) is 3.72. The van der Waals surface area contributed by atoms with Gasteiger partial charge in [-0.3, -0.25) is 0 Å². The molecular formula is C26H38N3O6S+. The Labute approximate surface area is 213 Å². The number of anilines is 1. The number of carboxylic acid groups (broad SMARTS) is 1. The van der Waals surface area contributed by atoms with Gasteiger partial charge < -0.3 is 21.3 Å². The number of hydrogen-bond donors (Lipinski definition) is 3. The van der Waals surface area contributed by atoms with Crippen molar-refractivity contribution in [3.8, 4) is 5.75 Å². The minimum Gasteiger partial charge on any atom is -0.497 e. The molecular weight excluding hydrogens is 482 g/mol. The Morgan fingerprint density at radius 3 is 2.14 bits per heavy atom. The number of rotatable bonds is 14. The Morgan fingerprint density at radius 1 is 1.03 bits per heavy atom. The van der Waals surface area contributed by atoms with Gasteiger partial charge in [0.25, 0.3) is 0 Å². The zero-order valence-corrected chi connectivity index (χ0v) is 22.0. The van der Waals surface area contributed by atoms with Crippen LogP contribution in [-0.2, 0) is 26.0 Å². The number of carbonyl (C=O) groups excluding carboxylic acids is 1. The van der Waals surface area contributed by atoms with Gasteiger partial charge >= 0.3 is 21.9 Å². The zero-order valence-electron chi connectivity index (χ0n) is 21.2. The number of carboxylic acids is 1. The van der Waals surface area contributed by atoms with Crippen LogP contribution in [0.5, 0.6) is 5.75 Å². The van der Waals surface area contributed by atoms with Crippen LogP contribution in [-0.4, -0.2) is 55.5 Å². The van der Waals surface area contributed by atoms with E-state index in [0.717, 1.165) is 5.56 Å². The molecule has 9 nitrogen and oxygen atoms in total. The molecule has 0 aliphatic heterocycles. The van der Waals surface area contributed by atoms with Crippen molar-refractivity contribution in [2.75, 3.05) is 25.9 Å². The second kappa shape index (κ2) is 12.8. The number of nitrogen functional groups attached to an aromatic ring is 1. The summed E-state index contributed by atoms with van der Waals surface area (Å²) in [7, 11) is -2.92. The van der Waals surface area contributed by atoms with Crippen molar-refractivity contribution in [2.45, 2.75) is 56.9 Å². The van der Waals surface area contributed by atoms with Gasteiger partial charge in [-0.1, -0.05) is 26.0 Å². The van der Waals surface area contributed by atoms with Crippen molar-refractivity contribution in [1.29, 1.82) is 0 Å². The Kier molecular flexibility index (Phi) is 10.4. The monoisotopic (exact) mass is 520 g/mol. The van der Waals surface area contributed by atoms with Crippen LogP contribution in [0.4, 0.5) is 5.69 Å². The highest BCUT2D eigenvalue weighted by Gasteiger charge is 2.58. The summed E-state index contributed by atoms with van der Waals surface area (Å²) < 4.78 is 32.4. The van der Waals surface area contributed by atoms with Crippen LogP contribution >= 0.6 is 0 Å². The third-order valence-electron chi connectivity index (χ3n) is 6.17. The van der Waals surface area contributed by atoms with E-state index in [1.165, 1.54) is 24.3 Å². The lowest BCUT2D eigenvalue weighted by molar-refractivity contribution is -0.753. The highest BCUT2D eigenvalue weighted by molar-refractivity contribution is 7.86. The maximum Gasteiger partial charge on any atom is 0.364 e. The number of methoxy groups -OCH3 is 1. The summed E-state index contributed by atoms with van der Waals surface area (Å²) in [5.41, 5.74) is 12.5. The summed E-state index contributed by atoms with van der Waals surface area (Å²) in [6, 6.07) is 11.2. The average Bonchev–Trinajstić information content (AvgIpc) is 2.84. The molecule has 0 saturated heterocycles. The molecule has 5 N–H and O–H groups in total. The van der Waals surface area contributed by atoms with Gasteiger partial charge in [-0.05, 0) is 67.8 Å². The number of nitrogens with two attached hydrogens (primary N) is 2. The number of aryl methyl sites for hydroxylation is 1. The molecule has 0 bridgehead atoms. The van der Waals surface area contributed by atoms with Crippen LogP contribution in [0.2, 0.25) is 0 Å². The first-order valence-electron chi connectivity index (χ1n) is 12.1. The lowest BCUT2D eigenvalue weighted by atomic mass is 10.0. The van der Waals surface area contributed by atoms with Crippen molar-refractivity contribution in [3.63, 3.8) is 0 Å². The molecule has 0 aliphatic rings. The van der Waals surface area contributed by atoms with Gasteiger partial charge in [-0.2, -0.15) is 8.42 Å². The van der Waals surface area contributed by atoms with Crippen LogP contribution in [0.1, 0.15) is 45.1 Å². The van der Waals surface area contributed by atoms with E-state index >= 15 is 0 Å². The molecule has 0 fully saturated rings. The normalized spacial score (nSPS) is 14.2. The second-order valence-electron chi connectivity index (χ2n) is 9.30. The van der Waals surface area contributed by atoms with E-state index in [-0.39, 0.29) is 36.6 Å². The first-order chi connectivity index (χ1) is 17.0. The number of sulfonamides is 1. The maximum absolute atomic E-state index is 14.2. The first-order valence-corrected chi connectivity index (χ1v) is 13.5. The van der Waals surface area contributed by atoms with Crippen LogP contribution in [0, 0.1) is 5.92 Å². The molecule has 0 aliphatic carbocycles. The van der Waals surface area contributed by atoms with E-state index in [2.05, 4.69) is 0 Å². The molecule has 0 spiro atoms. The van der Waals surface area contributed by atoms with E-state index in [0.29, 0.717) is 30.8 Å². The summed E-state index contributed by atoms with van der Waals surface area (Å²) >= 11 is 0. The first kappa shape index (κ1) is 29.3. The molecule has 10 heteroatoms. The van der Waals surface area contributed by atoms with Crippen molar-refractivity contribution < 1.29 is 31.7 Å². The third-order valence-corrected chi connectivity index (χ3v) is 8.51. The Bertz CT molecular complexity index is 1120. The number of aliphatic carboxylic acids is 1. The van der Waals surface area contributed by atoms with Gasteiger partial charge in [0.05, 0.1) is 13.5 Å². The lowest BCUT2D eigenvalue weighted by Gasteiger charge is -2.40. The van der Waals surface area contributed by atoms with Crippen LogP contribution in [0.3, 0.4) is 0 Å². The smallest absolute Gasteiger partial charge is 0.364 e. The highest BCUT2D eigenvalue weighted by atomic mass is 32.2. The SMILES string of the molecule is COc1ccc(CCC(=O)[N+](CC(C)C)([C@@H](CCCCN)C(=O)O)S(=O)(=O)c2ccc(N)cc2)cc1. The van der Waals surface area contributed by atoms with E-state index in [1.807, 2.05) is 0 Å². The molecule has 2 aromatic carbocycles. The zero-order chi connectivity index (χ0) is 26.9. The highest BCUT2D eigenvalue weighted by Crippen LogP contribution is 2.34. The van der Waals surface area contributed by atoms with Gasteiger partial charge in [-0.25, -0.2) is 9.59 Å². The number of ether oxygens (including phenoxy) is 1. The van der Waals surface area contributed by atoms with Gasteiger partial charge in [0.15, 0.2) is 0 Å². The van der Waals surface area contributed by atoms with E-state index in [4.69, 9.17) is 16.2 Å². The number of hydrogen-bond acceptors (Lipinski definition) is 7. The van der Waals surface area contributed by atoms with Crippen LogP contribution in [0.15, 0.2) is 53.4 Å². The van der Waals surface area contributed by atoms with Crippen molar-refractivity contribution in [3.05, 3.63) is 54.1 Å². The fourth-order valence-electron chi connectivity index (χ4n) is 4.40. The number of quaternary nitrogens is 1. The van der Waals surface area contributed by atoms with E-state index in [9.17, 15) is 23.1 Å². The van der Waals surface area contributed by atoms with Crippen LogP contribution in [0.25, 0.3) is 0 Å². The molecule has 2 aromatic rings. The minimum absolute atomic E-state index is 0.00172. The molecule has 198 valence electrons. The summed E-state index contributed by atoms with van der Waals surface area (Å²) in [5.74, 6) is -1.61. The Morgan fingerprint density at radius 2 is 1.64 bits per heavy atom. The van der Waals surface area contributed by atoms with Crippen LogP contribution < -0.4 is 16.2 Å². The average molecular weight is 521 g/mol. The fourth-order valence-corrected chi connectivity index (χ4v) is 6.64. The summed E-state index contributed by atoms with van der Waals surface area (Å²) in [6.07, 6.45) is 1.02. The topological polar surface area (TPSA) is 150 Å². The van der Waals surface area contributed by atoms with E-state index < -0.39 is 31.8 Å². The standard InChI is InChI=1S/C26H37N3O6S/c1-19(2)18-29(24(26(31)32)6-4-5-17-27,36(33,34)23-14-10-21(28)11-15-23)25(30)16-9-20-7-12-22(35-3)13-8-20/h7-8,10-15,19,24H,4-6,9,16-18,27-28H2,1-3H3/p+1/t24-,29?/m0/s1. The number of carbonyl (C=O) groups is 2. The number of benzene rings is 2. The van der Waals surface area contributed by atoms with Crippen molar-refractivity contribution in [2.24, 2.45) is 11.7 Å². The molecule has 36 heavy (non-hydrogen) atoms. The quantitative estimate of drug-likeness (QED) is 0.195. The van der Waals surface area contributed by atoms with Gasteiger partial charge in [0, 0.05) is 18.0 Å². The maximum atomic E-state index is 14.2. The Balaban J connectivity index is 2.64. The molecule has 0 aromatic heterocycles. The lowest BCUT2D eigenvalue weighted by Crippen LogP contribution is -2.66. The molecule has 2 rings (SSSR count). The molecule has 1 unspecified atom stereocenters. The molecule has 0 radical (unpaired) electrons. The summed E-state index contributed by atoms with van der Waals surface area (Å²) in [4.78, 5) is 26.5. The molecule has 0 heterocycles. The largest absolute Gasteiger partial charge is 0.497 e. The van der Waals surface area contributed by atoms with Gasteiger partial charge in [-0.15, -0.1) is 3.89 Å². The fraction of sp³-hybridized carbons (Fsp3) is 0.462. The van der Waals surface area contributed by atoms with Gasteiger partial charge in [0.1, 0.15) is 17.2 Å². The number of unbranched alkanes of at least 4 members (excludes halogenated alkanes) is 1. The molecule has 0 saturated carbocycles.